The quantitative estimate of drug-likeness (QED) is 0.655. The molecular formula is C21H19F3N2O2. The number of hydrogen-bond acceptors (Lipinski definition) is 2. The number of rotatable bonds is 5. The molecule has 0 aliphatic carbocycles. The highest BCUT2D eigenvalue weighted by atomic mass is 19.4. The second kappa shape index (κ2) is 8.21. The van der Waals surface area contributed by atoms with Crippen molar-refractivity contribution in [1.29, 1.82) is 0 Å². The standard InChI is InChI=1S/C21H19F3N2O2/c1-28-19-8-7-16-9-15(5-6-17(16)11-19)13-26-20(27)25-12-14-3-2-4-18(10-14)21(22,23)24/h2-11H,12-13H2,1H3,(H2,25,26,27). The number of amides is 2. The van der Waals surface area contributed by atoms with Crippen LogP contribution in [0.5, 0.6) is 5.75 Å². The summed E-state index contributed by atoms with van der Waals surface area (Å²) < 4.78 is 43.4. The van der Waals surface area contributed by atoms with E-state index in [4.69, 9.17) is 4.74 Å². The maximum absolute atomic E-state index is 12.7. The molecule has 28 heavy (non-hydrogen) atoms. The van der Waals surface area contributed by atoms with Crippen molar-refractivity contribution in [1.82, 2.24) is 10.6 Å². The molecule has 146 valence electrons. The lowest BCUT2D eigenvalue weighted by Crippen LogP contribution is -2.34. The number of alkyl halides is 3. The van der Waals surface area contributed by atoms with Gasteiger partial charge in [0.25, 0.3) is 0 Å². The molecule has 7 heteroatoms. The fourth-order valence-electron chi connectivity index (χ4n) is 2.80. The molecule has 3 aromatic carbocycles. The lowest BCUT2D eigenvalue weighted by Gasteiger charge is -2.11. The Morgan fingerprint density at radius 2 is 1.54 bits per heavy atom. The number of urea groups is 1. The van der Waals surface area contributed by atoms with Crippen LogP contribution >= 0.6 is 0 Å². The molecule has 0 atom stereocenters. The first-order chi connectivity index (χ1) is 13.3. The van der Waals surface area contributed by atoms with Gasteiger partial charge in [-0.1, -0.05) is 30.3 Å². The Kier molecular flexibility index (Phi) is 5.73. The van der Waals surface area contributed by atoms with E-state index in [1.54, 1.807) is 7.11 Å². The number of ether oxygens (including phenoxy) is 1. The number of nitrogens with one attached hydrogen (secondary N) is 2. The minimum Gasteiger partial charge on any atom is -0.497 e. The van der Waals surface area contributed by atoms with E-state index in [0.29, 0.717) is 12.1 Å². The van der Waals surface area contributed by atoms with Crippen LogP contribution in [0.2, 0.25) is 0 Å². The van der Waals surface area contributed by atoms with E-state index in [1.807, 2.05) is 36.4 Å². The van der Waals surface area contributed by atoms with Crippen LogP contribution in [0, 0.1) is 0 Å². The number of fused-ring (bicyclic) bond motifs is 1. The number of benzene rings is 3. The van der Waals surface area contributed by atoms with Crippen LogP contribution in [0.25, 0.3) is 10.8 Å². The zero-order valence-electron chi connectivity index (χ0n) is 15.1. The summed E-state index contributed by atoms with van der Waals surface area (Å²) >= 11 is 0. The van der Waals surface area contributed by atoms with Gasteiger partial charge < -0.3 is 15.4 Å². The number of methoxy groups -OCH3 is 1. The van der Waals surface area contributed by atoms with E-state index in [1.165, 1.54) is 12.1 Å². The highest BCUT2D eigenvalue weighted by molar-refractivity contribution is 5.84. The third-order valence-corrected chi connectivity index (χ3v) is 4.27. The molecule has 0 spiro atoms. The Labute approximate surface area is 160 Å². The van der Waals surface area contributed by atoms with Gasteiger partial charge in [0.1, 0.15) is 5.75 Å². The highest BCUT2D eigenvalue weighted by Gasteiger charge is 2.30. The van der Waals surface area contributed by atoms with Gasteiger partial charge in [0.05, 0.1) is 12.7 Å². The van der Waals surface area contributed by atoms with Crippen molar-refractivity contribution in [3.8, 4) is 5.75 Å². The summed E-state index contributed by atoms with van der Waals surface area (Å²) in [5, 5.41) is 7.31. The second-order valence-electron chi connectivity index (χ2n) is 6.28. The molecule has 3 aromatic rings. The third kappa shape index (κ3) is 4.94. The van der Waals surface area contributed by atoms with Gasteiger partial charge in [0.15, 0.2) is 0 Å². The first kappa shape index (κ1) is 19.5. The summed E-state index contributed by atoms with van der Waals surface area (Å²) in [6.45, 7) is 0.309. The molecule has 2 amide bonds. The molecule has 0 radical (unpaired) electrons. The highest BCUT2D eigenvalue weighted by Crippen LogP contribution is 2.29. The van der Waals surface area contributed by atoms with Crippen LogP contribution in [-0.4, -0.2) is 13.1 Å². The van der Waals surface area contributed by atoms with E-state index >= 15 is 0 Å². The molecule has 0 aliphatic rings. The Morgan fingerprint density at radius 1 is 0.893 bits per heavy atom. The number of hydrogen-bond donors (Lipinski definition) is 2. The summed E-state index contributed by atoms with van der Waals surface area (Å²) in [5.74, 6) is 0.771. The van der Waals surface area contributed by atoms with Crippen LogP contribution in [0.15, 0.2) is 60.7 Å². The van der Waals surface area contributed by atoms with Crippen LogP contribution in [0.4, 0.5) is 18.0 Å². The van der Waals surface area contributed by atoms with Crippen LogP contribution in [-0.2, 0) is 19.3 Å². The maximum atomic E-state index is 12.7. The molecule has 0 heterocycles. The molecular weight excluding hydrogens is 369 g/mol. The zero-order chi connectivity index (χ0) is 20.1. The van der Waals surface area contributed by atoms with E-state index in [2.05, 4.69) is 10.6 Å². The molecule has 4 nitrogen and oxygen atoms in total. The molecule has 0 bridgehead atoms. The Morgan fingerprint density at radius 3 is 2.21 bits per heavy atom. The van der Waals surface area contributed by atoms with Crippen molar-refractivity contribution in [2.24, 2.45) is 0 Å². The molecule has 0 saturated heterocycles. The fourth-order valence-corrected chi connectivity index (χ4v) is 2.80. The monoisotopic (exact) mass is 388 g/mol. The van der Waals surface area contributed by atoms with Crippen LogP contribution < -0.4 is 15.4 Å². The summed E-state index contributed by atoms with van der Waals surface area (Å²) in [5.41, 5.74) is 0.552. The zero-order valence-corrected chi connectivity index (χ0v) is 15.1. The lowest BCUT2D eigenvalue weighted by molar-refractivity contribution is -0.137. The van der Waals surface area contributed by atoms with Gasteiger partial charge in [0.2, 0.25) is 0 Å². The summed E-state index contributed by atoms with van der Waals surface area (Å²) in [4.78, 5) is 12.0. The summed E-state index contributed by atoms with van der Waals surface area (Å²) in [6.07, 6.45) is -4.40. The van der Waals surface area contributed by atoms with E-state index in [9.17, 15) is 18.0 Å². The van der Waals surface area contributed by atoms with E-state index < -0.39 is 17.8 Å². The molecule has 0 saturated carbocycles. The molecule has 2 N–H and O–H groups in total. The Hall–Kier alpha value is -3.22. The Bertz CT molecular complexity index is 987. The largest absolute Gasteiger partial charge is 0.497 e. The van der Waals surface area contributed by atoms with Gasteiger partial charge in [-0.3, -0.25) is 0 Å². The molecule has 0 aliphatic heterocycles. The van der Waals surface area contributed by atoms with Crippen LogP contribution in [0.1, 0.15) is 16.7 Å². The van der Waals surface area contributed by atoms with Crippen molar-refractivity contribution >= 4 is 16.8 Å². The van der Waals surface area contributed by atoms with Gasteiger partial charge in [-0.05, 0) is 52.2 Å². The van der Waals surface area contributed by atoms with Gasteiger partial charge in [-0.15, -0.1) is 0 Å². The van der Waals surface area contributed by atoms with Gasteiger partial charge in [-0.25, -0.2) is 4.79 Å². The molecule has 0 unspecified atom stereocenters. The van der Waals surface area contributed by atoms with Gasteiger partial charge in [0, 0.05) is 13.1 Å². The third-order valence-electron chi connectivity index (χ3n) is 4.27. The lowest BCUT2D eigenvalue weighted by atomic mass is 10.1. The number of carbonyl (C=O) groups is 1. The summed E-state index contributed by atoms with van der Waals surface area (Å²) in [7, 11) is 1.61. The van der Waals surface area contributed by atoms with Crippen molar-refractivity contribution in [2.45, 2.75) is 19.3 Å². The van der Waals surface area contributed by atoms with Gasteiger partial charge >= 0.3 is 12.2 Å². The van der Waals surface area contributed by atoms with E-state index in [0.717, 1.165) is 34.2 Å². The number of carbonyl (C=O) groups excluding carboxylic acids is 1. The predicted molar refractivity (Wildman–Crippen MR) is 101 cm³/mol. The second-order valence-corrected chi connectivity index (χ2v) is 6.28. The first-order valence-electron chi connectivity index (χ1n) is 8.60. The number of halogens is 3. The van der Waals surface area contributed by atoms with Crippen molar-refractivity contribution in [2.75, 3.05) is 7.11 Å². The summed E-state index contributed by atoms with van der Waals surface area (Å²) in [6, 6.07) is 15.9. The molecule has 0 aromatic heterocycles. The predicted octanol–water partition coefficient (Wildman–Crippen LogP) is 4.87. The van der Waals surface area contributed by atoms with Crippen molar-refractivity contribution in [3.05, 3.63) is 77.4 Å². The minimum atomic E-state index is -4.40. The topological polar surface area (TPSA) is 50.4 Å². The van der Waals surface area contributed by atoms with Crippen LogP contribution in [0.3, 0.4) is 0 Å². The molecule has 0 fully saturated rings. The SMILES string of the molecule is COc1ccc2cc(CNC(=O)NCc3cccc(C(F)(F)F)c3)ccc2c1. The smallest absolute Gasteiger partial charge is 0.416 e. The fraction of sp³-hybridized carbons (Fsp3) is 0.190. The first-order valence-corrected chi connectivity index (χ1v) is 8.60. The van der Waals surface area contributed by atoms with Crippen molar-refractivity contribution < 1.29 is 22.7 Å². The van der Waals surface area contributed by atoms with Gasteiger partial charge in [-0.2, -0.15) is 13.2 Å². The molecule has 3 rings (SSSR count). The Balaban J connectivity index is 1.55. The normalized spacial score (nSPS) is 11.3. The average Bonchev–Trinajstić information content (AvgIpc) is 2.69. The van der Waals surface area contributed by atoms with E-state index in [-0.39, 0.29) is 6.54 Å². The maximum Gasteiger partial charge on any atom is 0.416 e. The minimum absolute atomic E-state index is 0.00721. The van der Waals surface area contributed by atoms with Crippen molar-refractivity contribution in [3.63, 3.8) is 0 Å². The average molecular weight is 388 g/mol.